The molecular weight excluding hydrogens is 237 g/mol. The second-order valence-corrected chi connectivity index (χ2v) is 4.26. The molecule has 0 saturated heterocycles. The Hall–Kier alpha value is -1.36. The van der Waals surface area contributed by atoms with Gasteiger partial charge in [-0.3, -0.25) is 0 Å². The van der Waals surface area contributed by atoms with Gasteiger partial charge in [0.05, 0.1) is 4.90 Å². The van der Waals surface area contributed by atoms with Gasteiger partial charge in [-0.15, -0.1) is 0 Å². The first-order valence-corrected chi connectivity index (χ1v) is 5.25. The summed E-state index contributed by atoms with van der Waals surface area (Å²) in [5, 5.41) is 10.5. The number of alkyl halides is 3. The minimum Gasteiger partial charge on any atom is -0.507 e. The molecule has 2 aromatic carbocycles. The quantitative estimate of drug-likeness (QED) is 0.760. The molecule has 5 heteroatoms. The fourth-order valence-electron chi connectivity index (χ4n) is 1.45. The highest BCUT2D eigenvalue weighted by Crippen LogP contribution is 2.44. The van der Waals surface area contributed by atoms with Gasteiger partial charge in [-0.25, -0.2) is 0 Å². The lowest BCUT2D eigenvalue weighted by Gasteiger charge is -2.10. The van der Waals surface area contributed by atoms with Crippen LogP contribution in [-0.2, 0) is 0 Å². The molecule has 0 unspecified atom stereocenters. The summed E-state index contributed by atoms with van der Waals surface area (Å²) >= 11 is -0.293. The number of rotatable bonds is 1. The average Bonchev–Trinajstić information content (AvgIpc) is 2.21. The number of fused-ring (bicyclic) bond motifs is 1. The summed E-state index contributed by atoms with van der Waals surface area (Å²) in [6, 6.07) is 9.50. The van der Waals surface area contributed by atoms with Gasteiger partial charge in [-0.2, -0.15) is 13.2 Å². The zero-order valence-corrected chi connectivity index (χ0v) is 8.77. The lowest BCUT2D eigenvalue weighted by atomic mass is 10.1. The highest BCUT2D eigenvalue weighted by molar-refractivity contribution is 8.00. The first-order valence-electron chi connectivity index (χ1n) is 4.44. The topological polar surface area (TPSA) is 20.2 Å². The van der Waals surface area contributed by atoms with Crippen LogP contribution in [-0.4, -0.2) is 10.6 Å². The second kappa shape index (κ2) is 3.90. The molecule has 0 heterocycles. The number of thioether (sulfide) groups is 1. The summed E-state index contributed by atoms with van der Waals surface area (Å²) < 4.78 is 36.9. The molecular formula is C11H7F3OS. The van der Waals surface area contributed by atoms with E-state index in [-0.39, 0.29) is 22.4 Å². The summed E-state index contributed by atoms with van der Waals surface area (Å²) in [4.78, 5) is -0.148. The van der Waals surface area contributed by atoms with E-state index in [1.54, 1.807) is 30.3 Å². The Bertz CT molecular complexity index is 522. The fourth-order valence-corrected chi connectivity index (χ4v) is 2.15. The van der Waals surface area contributed by atoms with E-state index in [9.17, 15) is 18.3 Å². The molecule has 2 aromatic rings. The summed E-state index contributed by atoms with van der Waals surface area (Å²) in [6.07, 6.45) is 0. The van der Waals surface area contributed by atoms with E-state index in [1.165, 1.54) is 6.07 Å². The summed E-state index contributed by atoms with van der Waals surface area (Å²) in [7, 11) is 0. The van der Waals surface area contributed by atoms with Crippen LogP contribution in [0.25, 0.3) is 10.8 Å². The van der Waals surface area contributed by atoms with Gasteiger partial charge in [0, 0.05) is 0 Å². The molecule has 0 saturated carbocycles. The molecule has 1 N–H and O–H groups in total. The van der Waals surface area contributed by atoms with Crippen LogP contribution in [0.3, 0.4) is 0 Å². The van der Waals surface area contributed by atoms with Crippen molar-refractivity contribution >= 4 is 22.5 Å². The molecule has 16 heavy (non-hydrogen) atoms. The van der Waals surface area contributed by atoms with Gasteiger partial charge < -0.3 is 5.11 Å². The van der Waals surface area contributed by atoms with Crippen molar-refractivity contribution in [2.75, 3.05) is 0 Å². The number of benzene rings is 2. The van der Waals surface area contributed by atoms with Crippen molar-refractivity contribution < 1.29 is 18.3 Å². The number of halogens is 3. The average molecular weight is 244 g/mol. The second-order valence-electron chi connectivity index (χ2n) is 3.18. The Labute approximate surface area is 93.9 Å². The molecule has 1 nitrogen and oxygen atoms in total. The third-order valence-electron chi connectivity index (χ3n) is 2.08. The third kappa shape index (κ3) is 2.24. The van der Waals surface area contributed by atoms with Crippen molar-refractivity contribution in [2.45, 2.75) is 10.4 Å². The number of aromatic hydroxyl groups is 1. The van der Waals surface area contributed by atoms with E-state index in [4.69, 9.17) is 0 Å². The highest BCUT2D eigenvalue weighted by atomic mass is 32.2. The van der Waals surface area contributed by atoms with Crippen LogP contribution in [0.4, 0.5) is 13.2 Å². The van der Waals surface area contributed by atoms with Crippen molar-refractivity contribution in [2.24, 2.45) is 0 Å². The van der Waals surface area contributed by atoms with E-state index >= 15 is 0 Å². The van der Waals surface area contributed by atoms with Gasteiger partial charge in [0.2, 0.25) is 0 Å². The maximum absolute atomic E-state index is 12.3. The maximum Gasteiger partial charge on any atom is 0.446 e. The van der Waals surface area contributed by atoms with Gasteiger partial charge in [-0.1, -0.05) is 30.3 Å². The largest absolute Gasteiger partial charge is 0.507 e. The Morgan fingerprint density at radius 3 is 2.38 bits per heavy atom. The molecule has 0 radical (unpaired) electrons. The summed E-state index contributed by atoms with van der Waals surface area (Å²) in [6.45, 7) is 0. The zero-order valence-electron chi connectivity index (χ0n) is 7.95. The highest BCUT2D eigenvalue weighted by Gasteiger charge is 2.31. The van der Waals surface area contributed by atoms with Gasteiger partial charge in [0.1, 0.15) is 5.75 Å². The number of phenolic OH excluding ortho intramolecular Hbond substituents is 1. The normalized spacial score (nSPS) is 11.9. The van der Waals surface area contributed by atoms with Crippen LogP contribution < -0.4 is 0 Å². The molecule has 84 valence electrons. The Balaban J connectivity index is 2.62. The Morgan fingerprint density at radius 2 is 1.69 bits per heavy atom. The summed E-state index contributed by atoms with van der Waals surface area (Å²) in [5.74, 6) is -0.346. The molecule has 0 aliphatic rings. The molecule has 2 rings (SSSR count). The van der Waals surface area contributed by atoms with Crippen molar-refractivity contribution in [3.63, 3.8) is 0 Å². The van der Waals surface area contributed by atoms with Crippen molar-refractivity contribution in [1.29, 1.82) is 0 Å². The van der Waals surface area contributed by atoms with Crippen LogP contribution in [0, 0.1) is 0 Å². The lowest BCUT2D eigenvalue weighted by Crippen LogP contribution is -1.99. The molecule has 0 amide bonds. The predicted octanol–water partition coefficient (Wildman–Crippen LogP) is 4.16. The van der Waals surface area contributed by atoms with Crippen molar-refractivity contribution in [3.05, 3.63) is 36.4 Å². The summed E-state index contributed by atoms with van der Waals surface area (Å²) in [5.41, 5.74) is -4.40. The minimum absolute atomic E-state index is 0.148. The number of phenols is 1. The molecule has 0 spiro atoms. The van der Waals surface area contributed by atoms with E-state index in [2.05, 4.69) is 0 Å². The van der Waals surface area contributed by atoms with Crippen LogP contribution in [0.15, 0.2) is 41.3 Å². The SMILES string of the molecule is Oc1ccc2ccccc2c1SC(F)(F)F. The maximum atomic E-state index is 12.3. The minimum atomic E-state index is -4.40. The van der Waals surface area contributed by atoms with Crippen LogP contribution in [0.2, 0.25) is 0 Å². The zero-order chi connectivity index (χ0) is 11.8. The van der Waals surface area contributed by atoms with Crippen LogP contribution in [0.5, 0.6) is 5.75 Å². The monoisotopic (exact) mass is 244 g/mol. The number of hydrogen-bond acceptors (Lipinski definition) is 2. The van der Waals surface area contributed by atoms with E-state index < -0.39 is 5.51 Å². The third-order valence-corrected chi connectivity index (χ3v) is 2.94. The molecule has 0 aliphatic carbocycles. The van der Waals surface area contributed by atoms with Crippen LogP contribution >= 0.6 is 11.8 Å². The predicted molar refractivity (Wildman–Crippen MR) is 57.5 cm³/mol. The van der Waals surface area contributed by atoms with Gasteiger partial charge >= 0.3 is 5.51 Å². The molecule has 0 aliphatic heterocycles. The first-order chi connectivity index (χ1) is 7.47. The molecule has 0 fully saturated rings. The van der Waals surface area contributed by atoms with Gasteiger partial charge in [0.15, 0.2) is 0 Å². The van der Waals surface area contributed by atoms with E-state index in [0.717, 1.165) is 0 Å². The van der Waals surface area contributed by atoms with Crippen molar-refractivity contribution in [3.8, 4) is 5.75 Å². The number of hydrogen-bond donors (Lipinski definition) is 1. The van der Waals surface area contributed by atoms with Crippen molar-refractivity contribution in [1.82, 2.24) is 0 Å². The van der Waals surface area contributed by atoms with Gasteiger partial charge in [0.25, 0.3) is 0 Å². The molecule has 0 atom stereocenters. The molecule has 0 bridgehead atoms. The Kier molecular flexibility index (Phi) is 2.71. The van der Waals surface area contributed by atoms with E-state index in [1.807, 2.05) is 0 Å². The van der Waals surface area contributed by atoms with Crippen LogP contribution in [0.1, 0.15) is 0 Å². The van der Waals surface area contributed by atoms with E-state index in [0.29, 0.717) is 10.8 Å². The fraction of sp³-hybridized carbons (Fsp3) is 0.0909. The standard InChI is InChI=1S/C11H7F3OS/c12-11(13,14)16-10-8-4-2-1-3-7(8)5-6-9(10)15/h1-6,15H. The van der Waals surface area contributed by atoms with Gasteiger partial charge in [-0.05, 0) is 28.6 Å². The molecule has 0 aromatic heterocycles. The first kappa shape index (κ1) is 11.1. The Morgan fingerprint density at radius 1 is 1.00 bits per heavy atom. The lowest BCUT2D eigenvalue weighted by molar-refractivity contribution is -0.0328. The smallest absolute Gasteiger partial charge is 0.446 e.